The van der Waals surface area contributed by atoms with Crippen molar-refractivity contribution in [2.24, 2.45) is 10.9 Å². The van der Waals surface area contributed by atoms with Gasteiger partial charge in [0.05, 0.1) is 0 Å². The summed E-state index contributed by atoms with van der Waals surface area (Å²) in [6.07, 6.45) is 3.32. The Balaban J connectivity index is 2.39. The summed E-state index contributed by atoms with van der Waals surface area (Å²) < 4.78 is 13.2. The van der Waals surface area contributed by atoms with E-state index in [1.807, 2.05) is 12.1 Å². The maximum absolute atomic E-state index is 13.2. The minimum absolute atomic E-state index is 0.119. The quantitative estimate of drug-likeness (QED) is 0.386. The molecule has 3 N–H and O–H groups in total. The maximum Gasteiger partial charge on any atom is 0.171 e. The van der Waals surface area contributed by atoms with Crippen LogP contribution in [-0.4, -0.2) is 16.0 Å². The van der Waals surface area contributed by atoms with E-state index in [0.29, 0.717) is 10.5 Å². The summed E-state index contributed by atoms with van der Waals surface area (Å²) in [4.78, 5) is 5.55. The normalized spacial score (nSPS) is 11.5. The Kier molecular flexibility index (Phi) is 3.78. The van der Waals surface area contributed by atoms with Crippen LogP contribution in [0.2, 0.25) is 0 Å². The molecule has 18 heavy (non-hydrogen) atoms. The molecule has 0 aliphatic rings. The Morgan fingerprint density at radius 2 is 2.00 bits per heavy atom. The number of oxime groups is 1. The summed E-state index contributed by atoms with van der Waals surface area (Å²) in [5.41, 5.74) is 5.89. The molecule has 0 atom stereocenters. The number of benzene rings is 1. The number of aromatic nitrogens is 1. The van der Waals surface area contributed by atoms with Crippen LogP contribution in [0.5, 0.6) is 0 Å². The summed E-state index contributed by atoms with van der Waals surface area (Å²) in [5.74, 6) is -0.554. The summed E-state index contributed by atoms with van der Waals surface area (Å²) in [6, 6.07) is 7.80. The van der Waals surface area contributed by atoms with Crippen molar-refractivity contribution in [3.8, 4) is 0 Å². The highest BCUT2D eigenvalue weighted by Gasteiger charge is 2.10. The number of hydrogen-bond acceptors (Lipinski definition) is 4. The number of amidine groups is 1. The van der Waals surface area contributed by atoms with E-state index < -0.39 is 5.82 Å². The van der Waals surface area contributed by atoms with E-state index in [0.717, 1.165) is 4.90 Å². The van der Waals surface area contributed by atoms with Gasteiger partial charge in [0.25, 0.3) is 0 Å². The second-order valence-corrected chi connectivity index (χ2v) is 4.53. The molecular formula is C12H10FN3OS. The molecule has 1 aromatic heterocycles. The van der Waals surface area contributed by atoms with Gasteiger partial charge in [0, 0.05) is 27.7 Å². The summed E-state index contributed by atoms with van der Waals surface area (Å²) in [7, 11) is 0. The zero-order valence-corrected chi connectivity index (χ0v) is 10.1. The van der Waals surface area contributed by atoms with E-state index in [9.17, 15) is 4.39 Å². The molecule has 0 aliphatic carbocycles. The van der Waals surface area contributed by atoms with Gasteiger partial charge in [0.15, 0.2) is 5.84 Å². The van der Waals surface area contributed by atoms with Crippen molar-refractivity contribution in [3.05, 3.63) is 54.1 Å². The molecule has 6 heteroatoms. The zero-order valence-electron chi connectivity index (χ0n) is 9.25. The third-order valence-corrected chi connectivity index (χ3v) is 3.29. The van der Waals surface area contributed by atoms with Crippen LogP contribution in [0.4, 0.5) is 4.39 Å². The fraction of sp³-hybridized carbons (Fsp3) is 0. The minimum atomic E-state index is -0.435. The molecule has 0 bridgehead atoms. The lowest BCUT2D eigenvalue weighted by atomic mass is 10.2. The van der Waals surface area contributed by atoms with Crippen LogP contribution >= 0.6 is 11.8 Å². The fourth-order valence-electron chi connectivity index (χ4n) is 1.38. The second-order valence-electron chi connectivity index (χ2n) is 3.41. The first-order valence-corrected chi connectivity index (χ1v) is 5.87. The van der Waals surface area contributed by atoms with Crippen LogP contribution in [0.15, 0.2) is 57.7 Å². The fourth-order valence-corrected chi connectivity index (χ4v) is 2.30. The Labute approximate surface area is 107 Å². The minimum Gasteiger partial charge on any atom is -0.409 e. The molecule has 0 unspecified atom stereocenters. The molecule has 1 heterocycles. The monoisotopic (exact) mass is 263 g/mol. The van der Waals surface area contributed by atoms with E-state index in [2.05, 4.69) is 10.1 Å². The van der Waals surface area contributed by atoms with Gasteiger partial charge in [0.1, 0.15) is 5.82 Å². The molecule has 0 spiro atoms. The van der Waals surface area contributed by atoms with Crippen LogP contribution in [0.3, 0.4) is 0 Å². The van der Waals surface area contributed by atoms with Gasteiger partial charge in [-0.25, -0.2) is 4.39 Å². The van der Waals surface area contributed by atoms with Crippen LogP contribution in [0.25, 0.3) is 0 Å². The van der Waals surface area contributed by atoms with Crippen molar-refractivity contribution in [2.45, 2.75) is 9.79 Å². The Bertz CT molecular complexity index is 575. The highest BCUT2D eigenvalue weighted by Crippen LogP contribution is 2.30. The third-order valence-electron chi connectivity index (χ3n) is 2.20. The number of nitrogens with zero attached hydrogens (tertiary/aromatic N) is 2. The molecule has 4 nitrogen and oxygen atoms in total. The van der Waals surface area contributed by atoms with Crippen molar-refractivity contribution in [3.63, 3.8) is 0 Å². The largest absolute Gasteiger partial charge is 0.409 e. The summed E-state index contributed by atoms with van der Waals surface area (Å²) in [5, 5.41) is 11.6. The molecule has 0 saturated carbocycles. The Morgan fingerprint density at radius 1 is 1.28 bits per heavy atom. The van der Waals surface area contributed by atoms with Crippen LogP contribution in [-0.2, 0) is 0 Å². The van der Waals surface area contributed by atoms with Gasteiger partial charge >= 0.3 is 0 Å². The topological polar surface area (TPSA) is 71.5 Å². The highest BCUT2D eigenvalue weighted by molar-refractivity contribution is 7.99. The lowest BCUT2D eigenvalue weighted by Gasteiger charge is -2.07. The molecule has 0 saturated heterocycles. The molecule has 92 valence electrons. The van der Waals surface area contributed by atoms with Gasteiger partial charge in [-0.3, -0.25) is 4.98 Å². The molecule has 1 aromatic carbocycles. The van der Waals surface area contributed by atoms with Gasteiger partial charge in [-0.1, -0.05) is 16.9 Å². The number of pyridine rings is 1. The Morgan fingerprint density at radius 3 is 2.67 bits per heavy atom. The predicted octanol–water partition coefficient (Wildman–Crippen LogP) is 2.47. The lowest BCUT2D eigenvalue weighted by Crippen LogP contribution is -2.14. The maximum atomic E-state index is 13.2. The van der Waals surface area contributed by atoms with Gasteiger partial charge < -0.3 is 10.9 Å². The molecule has 0 aliphatic heterocycles. The Hall–Kier alpha value is -2.08. The smallest absolute Gasteiger partial charge is 0.171 e. The van der Waals surface area contributed by atoms with Crippen molar-refractivity contribution >= 4 is 17.6 Å². The molecule has 2 rings (SSSR count). The number of nitrogens with two attached hydrogens (primary N) is 1. The van der Waals surface area contributed by atoms with Crippen molar-refractivity contribution in [1.82, 2.24) is 4.98 Å². The van der Waals surface area contributed by atoms with Crippen molar-refractivity contribution in [2.75, 3.05) is 0 Å². The second kappa shape index (κ2) is 5.50. The standard InChI is InChI=1S/C12H10FN3OS/c13-8-1-2-11(10(7-8)12(14)16-17)18-9-3-5-15-6-4-9/h1-7,17H,(H2,14,16). The molecule has 0 radical (unpaired) electrons. The van der Waals surface area contributed by atoms with E-state index in [1.165, 1.54) is 23.9 Å². The van der Waals surface area contributed by atoms with Crippen molar-refractivity contribution in [1.29, 1.82) is 0 Å². The first-order chi connectivity index (χ1) is 8.70. The van der Waals surface area contributed by atoms with Gasteiger partial charge in [-0.15, -0.1) is 0 Å². The number of halogens is 1. The zero-order chi connectivity index (χ0) is 13.0. The van der Waals surface area contributed by atoms with E-state index in [-0.39, 0.29) is 5.84 Å². The first-order valence-electron chi connectivity index (χ1n) is 5.06. The predicted molar refractivity (Wildman–Crippen MR) is 67.3 cm³/mol. The highest BCUT2D eigenvalue weighted by atomic mass is 32.2. The molecule has 0 amide bonds. The van der Waals surface area contributed by atoms with E-state index >= 15 is 0 Å². The van der Waals surface area contributed by atoms with E-state index in [1.54, 1.807) is 18.5 Å². The van der Waals surface area contributed by atoms with Crippen molar-refractivity contribution < 1.29 is 9.60 Å². The number of hydrogen-bond donors (Lipinski definition) is 2. The molecule has 0 fully saturated rings. The average Bonchev–Trinajstić information content (AvgIpc) is 2.41. The third kappa shape index (κ3) is 2.78. The first kappa shape index (κ1) is 12.4. The van der Waals surface area contributed by atoms with Gasteiger partial charge in [-0.2, -0.15) is 0 Å². The lowest BCUT2D eigenvalue weighted by molar-refractivity contribution is 0.318. The van der Waals surface area contributed by atoms with Crippen LogP contribution in [0, 0.1) is 5.82 Å². The van der Waals surface area contributed by atoms with E-state index in [4.69, 9.17) is 10.9 Å². The van der Waals surface area contributed by atoms with Crippen LogP contribution < -0.4 is 5.73 Å². The average molecular weight is 263 g/mol. The number of rotatable bonds is 3. The summed E-state index contributed by atoms with van der Waals surface area (Å²) >= 11 is 1.39. The van der Waals surface area contributed by atoms with Gasteiger partial charge in [-0.05, 0) is 30.3 Å². The van der Waals surface area contributed by atoms with Crippen LogP contribution in [0.1, 0.15) is 5.56 Å². The SMILES string of the molecule is NC(=NO)c1cc(F)ccc1Sc1ccncc1. The van der Waals surface area contributed by atoms with Gasteiger partial charge in [0.2, 0.25) is 0 Å². The molecular weight excluding hydrogens is 253 g/mol. The molecule has 2 aromatic rings. The summed E-state index contributed by atoms with van der Waals surface area (Å²) in [6.45, 7) is 0.